The predicted octanol–water partition coefficient (Wildman–Crippen LogP) is 4.21. The lowest BCUT2D eigenvalue weighted by Gasteiger charge is -2.42. The molecule has 0 radical (unpaired) electrons. The molecule has 0 aliphatic carbocycles. The molecule has 2 nitrogen and oxygen atoms in total. The van der Waals surface area contributed by atoms with Crippen LogP contribution in [0.2, 0.25) is 5.02 Å². The summed E-state index contributed by atoms with van der Waals surface area (Å²) in [6.45, 7) is 7.44. The van der Waals surface area contributed by atoms with Gasteiger partial charge in [-0.05, 0) is 36.0 Å². The average Bonchev–Trinajstić information content (AvgIpc) is 2.47. The van der Waals surface area contributed by atoms with Crippen LogP contribution in [-0.2, 0) is 6.54 Å². The molecule has 0 atom stereocenters. The van der Waals surface area contributed by atoms with Crippen LogP contribution in [0.15, 0.2) is 18.2 Å². The molecule has 0 unspecified atom stereocenters. The fraction of sp³-hybridized carbons (Fsp3) is 0.625. The average molecular weight is 281 g/mol. The van der Waals surface area contributed by atoms with Gasteiger partial charge in [-0.2, -0.15) is 0 Å². The molecular weight excluding hydrogens is 256 g/mol. The predicted molar refractivity (Wildman–Crippen MR) is 83.8 cm³/mol. The second-order valence-electron chi connectivity index (χ2n) is 5.67. The third kappa shape index (κ3) is 3.06. The summed E-state index contributed by atoms with van der Waals surface area (Å²) >= 11 is 6.25. The highest BCUT2D eigenvalue weighted by molar-refractivity contribution is 6.31. The number of halogens is 1. The maximum absolute atomic E-state index is 6.25. The lowest BCUT2D eigenvalue weighted by molar-refractivity contribution is 0.199. The molecule has 1 saturated heterocycles. The molecule has 3 heteroatoms. The second kappa shape index (κ2) is 6.15. The molecule has 106 valence electrons. The normalized spacial score (nSPS) is 18.6. The number of hydrogen-bond acceptors (Lipinski definition) is 2. The van der Waals surface area contributed by atoms with Gasteiger partial charge in [0.15, 0.2) is 0 Å². The van der Waals surface area contributed by atoms with Gasteiger partial charge in [0, 0.05) is 30.3 Å². The number of piperidine rings is 1. The smallest absolute Gasteiger partial charge is 0.0471 e. The summed E-state index contributed by atoms with van der Waals surface area (Å²) < 4.78 is 0. The third-order valence-corrected chi connectivity index (χ3v) is 5.30. The van der Waals surface area contributed by atoms with E-state index < -0.39 is 0 Å². The van der Waals surface area contributed by atoms with E-state index in [1.807, 2.05) is 0 Å². The molecular formula is C16H25ClN2. The highest BCUT2D eigenvalue weighted by Gasteiger charge is 2.31. The Bertz CT molecular complexity index is 417. The lowest BCUT2D eigenvalue weighted by atomic mass is 9.74. The highest BCUT2D eigenvalue weighted by Crippen LogP contribution is 2.39. The highest BCUT2D eigenvalue weighted by atomic mass is 35.5. The summed E-state index contributed by atoms with van der Waals surface area (Å²) in [6.07, 6.45) is 5.17. The number of benzene rings is 1. The van der Waals surface area contributed by atoms with E-state index >= 15 is 0 Å². The van der Waals surface area contributed by atoms with Gasteiger partial charge < -0.3 is 10.6 Å². The first-order valence-corrected chi connectivity index (χ1v) is 7.75. The van der Waals surface area contributed by atoms with Crippen molar-refractivity contribution in [2.24, 2.45) is 11.1 Å². The Kier molecular flexibility index (Phi) is 4.75. The van der Waals surface area contributed by atoms with Gasteiger partial charge in [0.05, 0.1) is 0 Å². The Morgan fingerprint density at radius 2 is 1.84 bits per heavy atom. The van der Waals surface area contributed by atoms with Gasteiger partial charge in [-0.1, -0.05) is 44.4 Å². The van der Waals surface area contributed by atoms with Crippen LogP contribution < -0.4 is 10.6 Å². The van der Waals surface area contributed by atoms with E-state index in [4.69, 9.17) is 17.3 Å². The number of rotatable bonds is 4. The molecule has 2 rings (SSSR count). The van der Waals surface area contributed by atoms with Gasteiger partial charge in [-0.3, -0.25) is 0 Å². The first-order valence-electron chi connectivity index (χ1n) is 7.37. The molecule has 0 saturated carbocycles. The topological polar surface area (TPSA) is 29.3 Å². The molecule has 0 amide bonds. The van der Waals surface area contributed by atoms with E-state index in [-0.39, 0.29) is 0 Å². The largest absolute Gasteiger partial charge is 0.371 e. The molecule has 0 spiro atoms. The Morgan fingerprint density at radius 1 is 1.21 bits per heavy atom. The molecule has 1 aliphatic rings. The maximum atomic E-state index is 6.25. The third-order valence-electron chi connectivity index (χ3n) is 4.95. The molecule has 0 bridgehead atoms. The van der Waals surface area contributed by atoms with E-state index in [1.165, 1.54) is 31.4 Å². The lowest BCUT2D eigenvalue weighted by Crippen LogP contribution is -2.39. The van der Waals surface area contributed by atoms with E-state index in [0.717, 1.165) is 23.7 Å². The zero-order chi connectivity index (χ0) is 13.9. The number of hydrogen-bond donors (Lipinski definition) is 1. The van der Waals surface area contributed by atoms with Crippen molar-refractivity contribution >= 4 is 17.3 Å². The summed E-state index contributed by atoms with van der Waals surface area (Å²) in [5.41, 5.74) is 8.49. The van der Waals surface area contributed by atoms with Crippen molar-refractivity contribution in [3.05, 3.63) is 28.8 Å². The quantitative estimate of drug-likeness (QED) is 0.895. The van der Waals surface area contributed by atoms with Gasteiger partial charge in [0.25, 0.3) is 0 Å². The Balaban J connectivity index is 2.07. The van der Waals surface area contributed by atoms with E-state index in [0.29, 0.717) is 12.0 Å². The van der Waals surface area contributed by atoms with Crippen LogP contribution in [0.3, 0.4) is 0 Å². The van der Waals surface area contributed by atoms with E-state index in [9.17, 15) is 0 Å². The summed E-state index contributed by atoms with van der Waals surface area (Å²) in [5, 5.41) is 0.794. The zero-order valence-electron chi connectivity index (χ0n) is 12.1. The molecule has 19 heavy (non-hydrogen) atoms. The van der Waals surface area contributed by atoms with Crippen molar-refractivity contribution in [1.82, 2.24) is 0 Å². The van der Waals surface area contributed by atoms with Crippen molar-refractivity contribution in [2.45, 2.75) is 46.1 Å². The summed E-state index contributed by atoms with van der Waals surface area (Å²) in [4.78, 5) is 2.45. The molecule has 1 aromatic rings. The van der Waals surface area contributed by atoms with Crippen molar-refractivity contribution in [2.75, 3.05) is 18.0 Å². The Labute approximate surface area is 121 Å². The van der Waals surface area contributed by atoms with Crippen LogP contribution in [0.1, 0.15) is 45.1 Å². The van der Waals surface area contributed by atoms with Crippen molar-refractivity contribution < 1.29 is 0 Å². The fourth-order valence-corrected chi connectivity index (χ4v) is 3.35. The van der Waals surface area contributed by atoms with Gasteiger partial charge >= 0.3 is 0 Å². The van der Waals surface area contributed by atoms with Crippen molar-refractivity contribution in [3.63, 3.8) is 0 Å². The first-order chi connectivity index (χ1) is 9.14. The van der Waals surface area contributed by atoms with Gasteiger partial charge in [-0.25, -0.2) is 0 Å². The standard InChI is InChI=1S/C16H25ClN2/c1-3-16(4-2)7-9-19(10-8-16)14-6-5-13(12-18)15(17)11-14/h5-6,11H,3-4,7-10,12,18H2,1-2H3. The second-order valence-corrected chi connectivity index (χ2v) is 6.08. The molecule has 2 N–H and O–H groups in total. The number of nitrogens with two attached hydrogens (primary N) is 1. The minimum Gasteiger partial charge on any atom is -0.371 e. The van der Waals surface area contributed by atoms with Gasteiger partial charge in [0.1, 0.15) is 0 Å². The van der Waals surface area contributed by atoms with Gasteiger partial charge in [-0.15, -0.1) is 0 Å². The summed E-state index contributed by atoms with van der Waals surface area (Å²) in [7, 11) is 0. The van der Waals surface area contributed by atoms with Crippen LogP contribution in [0, 0.1) is 5.41 Å². The van der Waals surface area contributed by atoms with Crippen molar-refractivity contribution in [3.8, 4) is 0 Å². The molecule has 0 aromatic heterocycles. The van der Waals surface area contributed by atoms with Gasteiger partial charge in [0.2, 0.25) is 0 Å². The molecule has 1 fully saturated rings. The minimum atomic E-state index is 0.508. The summed E-state index contributed by atoms with van der Waals surface area (Å²) in [5.74, 6) is 0. The minimum absolute atomic E-state index is 0.508. The van der Waals surface area contributed by atoms with Crippen molar-refractivity contribution in [1.29, 1.82) is 0 Å². The fourth-order valence-electron chi connectivity index (χ4n) is 3.09. The SMILES string of the molecule is CCC1(CC)CCN(c2ccc(CN)c(Cl)c2)CC1. The van der Waals surface area contributed by atoms with E-state index in [2.05, 4.69) is 36.9 Å². The Morgan fingerprint density at radius 3 is 2.32 bits per heavy atom. The van der Waals surface area contributed by atoms with Crippen LogP contribution in [0.5, 0.6) is 0 Å². The van der Waals surface area contributed by atoms with Crippen LogP contribution >= 0.6 is 11.6 Å². The molecule has 1 heterocycles. The number of anilines is 1. The molecule has 1 aliphatic heterocycles. The summed E-state index contributed by atoms with van der Waals surface area (Å²) in [6, 6.07) is 6.27. The zero-order valence-corrected chi connectivity index (χ0v) is 12.8. The Hall–Kier alpha value is -0.730. The number of nitrogens with zero attached hydrogens (tertiary/aromatic N) is 1. The first kappa shape index (κ1) is 14.7. The maximum Gasteiger partial charge on any atom is 0.0471 e. The van der Waals surface area contributed by atoms with Crippen LogP contribution in [-0.4, -0.2) is 13.1 Å². The van der Waals surface area contributed by atoms with Crippen LogP contribution in [0.4, 0.5) is 5.69 Å². The molecule has 1 aromatic carbocycles. The van der Waals surface area contributed by atoms with E-state index in [1.54, 1.807) is 0 Å². The van der Waals surface area contributed by atoms with Crippen LogP contribution in [0.25, 0.3) is 0 Å². The monoisotopic (exact) mass is 280 g/mol.